The first kappa shape index (κ1) is 11.5. The minimum Gasteiger partial charge on any atom is -0.496 e. The second kappa shape index (κ2) is 4.98. The van der Waals surface area contributed by atoms with Crippen molar-refractivity contribution in [2.75, 3.05) is 7.11 Å². The van der Waals surface area contributed by atoms with Gasteiger partial charge in [0.25, 0.3) is 0 Å². The molecule has 94 valence electrons. The Morgan fingerprint density at radius 2 is 1.63 bits per heavy atom. The van der Waals surface area contributed by atoms with Gasteiger partial charge in [-0.3, -0.25) is 0 Å². The Bertz CT molecular complexity index is 674. The third-order valence-corrected chi connectivity index (χ3v) is 3.03. The van der Waals surface area contributed by atoms with Crippen molar-refractivity contribution in [1.29, 1.82) is 0 Å². The molecule has 1 heterocycles. The van der Waals surface area contributed by atoms with Crippen LogP contribution in [0.4, 0.5) is 0 Å². The summed E-state index contributed by atoms with van der Waals surface area (Å²) in [5, 5.41) is 4.40. The molecule has 0 aliphatic heterocycles. The number of ether oxygens (including phenoxy) is 1. The smallest absolute Gasteiger partial charge is 0.128 e. The monoisotopic (exact) mass is 250 g/mol. The van der Waals surface area contributed by atoms with E-state index in [0.29, 0.717) is 0 Å². The van der Waals surface area contributed by atoms with Crippen LogP contribution in [-0.2, 0) is 0 Å². The second-order valence-corrected chi connectivity index (χ2v) is 4.16. The quantitative estimate of drug-likeness (QED) is 0.710. The topological polar surface area (TPSA) is 27.1 Å². The first-order valence-electron chi connectivity index (χ1n) is 6.13. The van der Waals surface area contributed by atoms with E-state index in [2.05, 4.69) is 5.10 Å². The van der Waals surface area contributed by atoms with Crippen LogP contribution in [0, 0.1) is 0 Å². The van der Waals surface area contributed by atoms with Gasteiger partial charge in [-0.1, -0.05) is 30.3 Å². The molecule has 0 aliphatic rings. The van der Waals surface area contributed by atoms with Crippen LogP contribution < -0.4 is 4.74 Å². The van der Waals surface area contributed by atoms with Gasteiger partial charge in [-0.05, 0) is 30.3 Å². The fraction of sp³-hybridized carbons (Fsp3) is 0.0625. The zero-order chi connectivity index (χ0) is 13.1. The molecule has 0 radical (unpaired) electrons. The molecule has 3 aromatic rings. The molecular weight excluding hydrogens is 236 g/mol. The molecule has 0 atom stereocenters. The van der Waals surface area contributed by atoms with Crippen molar-refractivity contribution < 1.29 is 4.74 Å². The van der Waals surface area contributed by atoms with Gasteiger partial charge >= 0.3 is 0 Å². The van der Waals surface area contributed by atoms with Crippen molar-refractivity contribution in [3.8, 4) is 22.7 Å². The summed E-state index contributed by atoms with van der Waals surface area (Å²) < 4.78 is 7.33. The van der Waals surface area contributed by atoms with E-state index >= 15 is 0 Å². The van der Waals surface area contributed by atoms with Crippen molar-refractivity contribution in [3.63, 3.8) is 0 Å². The number of benzene rings is 2. The molecule has 0 spiro atoms. The summed E-state index contributed by atoms with van der Waals surface area (Å²) in [4.78, 5) is 0. The maximum atomic E-state index is 5.42. The number of hydrogen-bond donors (Lipinski definition) is 0. The molecule has 0 saturated carbocycles. The highest BCUT2D eigenvalue weighted by molar-refractivity contribution is 5.68. The fourth-order valence-corrected chi connectivity index (χ4v) is 2.14. The van der Waals surface area contributed by atoms with E-state index < -0.39 is 0 Å². The summed E-state index contributed by atoms with van der Waals surface area (Å²) in [6.45, 7) is 0. The van der Waals surface area contributed by atoms with Crippen molar-refractivity contribution >= 4 is 0 Å². The zero-order valence-electron chi connectivity index (χ0n) is 10.7. The standard InChI is InChI=1S/C16H14N2O/c1-19-16-10-6-5-9-14(16)15-11-12-17-18(15)13-7-3-2-4-8-13/h2-12H,1H3. The molecule has 0 N–H and O–H groups in total. The Morgan fingerprint density at radius 1 is 0.895 bits per heavy atom. The molecule has 0 amide bonds. The Balaban J connectivity index is 2.15. The van der Waals surface area contributed by atoms with Gasteiger partial charge in [0.2, 0.25) is 0 Å². The number of nitrogens with zero attached hydrogens (tertiary/aromatic N) is 2. The van der Waals surface area contributed by atoms with E-state index in [-0.39, 0.29) is 0 Å². The number of methoxy groups -OCH3 is 1. The van der Waals surface area contributed by atoms with Crippen molar-refractivity contribution in [2.45, 2.75) is 0 Å². The average molecular weight is 250 g/mol. The lowest BCUT2D eigenvalue weighted by atomic mass is 10.1. The average Bonchev–Trinajstić information content (AvgIpc) is 2.97. The lowest BCUT2D eigenvalue weighted by molar-refractivity contribution is 0.416. The molecule has 3 rings (SSSR count). The molecule has 0 fully saturated rings. The van der Waals surface area contributed by atoms with E-state index in [0.717, 1.165) is 22.7 Å². The normalized spacial score (nSPS) is 10.4. The molecular formula is C16H14N2O. The van der Waals surface area contributed by atoms with Crippen LogP contribution >= 0.6 is 0 Å². The summed E-state index contributed by atoms with van der Waals surface area (Å²) in [5.74, 6) is 0.847. The first-order chi connectivity index (χ1) is 9.40. The molecule has 3 heteroatoms. The van der Waals surface area contributed by atoms with Gasteiger partial charge in [0.1, 0.15) is 5.75 Å². The van der Waals surface area contributed by atoms with Crippen molar-refractivity contribution in [2.24, 2.45) is 0 Å². The number of aromatic nitrogens is 2. The SMILES string of the molecule is COc1ccccc1-c1ccnn1-c1ccccc1. The van der Waals surface area contributed by atoms with Crippen LogP contribution in [0.2, 0.25) is 0 Å². The second-order valence-electron chi connectivity index (χ2n) is 4.16. The third kappa shape index (κ3) is 2.10. The molecule has 1 aromatic heterocycles. The number of rotatable bonds is 3. The minimum absolute atomic E-state index is 0.847. The molecule has 0 bridgehead atoms. The maximum Gasteiger partial charge on any atom is 0.128 e. The van der Waals surface area contributed by atoms with Crippen LogP contribution in [0.1, 0.15) is 0 Å². The lowest BCUT2D eigenvalue weighted by Gasteiger charge is -2.10. The van der Waals surface area contributed by atoms with E-state index in [1.807, 2.05) is 65.3 Å². The summed E-state index contributed by atoms with van der Waals surface area (Å²) in [6, 6.07) is 20.0. The maximum absolute atomic E-state index is 5.42. The molecule has 0 unspecified atom stereocenters. The molecule has 19 heavy (non-hydrogen) atoms. The van der Waals surface area contributed by atoms with Gasteiger partial charge in [-0.15, -0.1) is 0 Å². The summed E-state index contributed by atoms with van der Waals surface area (Å²) >= 11 is 0. The van der Waals surface area contributed by atoms with Gasteiger partial charge < -0.3 is 4.74 Å². The summed E-state index contributed by atoms with van der Waals surface area (Å²) in [5.41, 5.74) is 3.09. The summed E-state index contributed by atoms with van der Waals surface area (Å²) in [6.07, 6.45) is 1.80. The van der Waals surface area contributed by atoms with Crippen LogP contribution in [-0.4, -0.2) is 16.9 Å². The van der Waals surface area contributed by atoms with Gasteiger partial charge in [-0.25, -0.2) is 4.68 Å². The zero-order valence-corrected chi connectivity index (χ0v) is 10.7. The van der Waals surface area contributed by atoms with Crippen LogP contribution in [0.15, 0.2) is 66.9 Å². The minimum atomic E-state index is 0.847. The van der Waals surface area contributed by atoms with Crippen LogP contribution in [0.3, 0.4) is 0 Å². The van der Waals surface area contributed by atoms with Gasteiger partial charge in [0.15, 0.2) is 0 Å². The third-order valence-electron chi connectivity index (χ3n) is 3.03. The fourth-order valence-electron chi connectivity index (χ4n) is 2.14. The van der Waals surface area contributed by atoms with Gasteiger partial charge in [0.05, 0.1) is 24.7 Å². The van der Waals surface area contributed by atoms with E-state index in [4.69, 9.17) is 4.74 Å². The van der Waals surface area contributed by atoms with Crippen LogP contribution in [0.25, 0.3) is 16.9 Å². The Hall–Kier alpha value is -2.55. The molecule has 3 nitrogen and oxygen atoms in total. The summed E-state index contributed by atoms with van der Waals surface area (Å²) in [7, 11) is 1.68. The van der Waals surface area contributed by atoms with Crippen molar-refractivity contribution in [3.05, 3.63) is 66.9 Å². The van der Waals surface area contributed by atoms with E-state index in [9.17, 15) is 0 Å². The highest BCUT2D eigenvalue weighted by Crippen LogP contribution is 2.30. The van der Waals surface area contributed by atoms with Gasteiger partial charge in [0, 0.05) is 5.56 Å². The Kier molecular flexibility index (Phi) is 3.02. The highest BCUT2D eigenvalue weighted by atomic mass is 16.5. The lowest BCUT2D eigenvalue weighted by Crippen LogP contribution is -1.99. The molecule has 0 aliphatic carbocycles. The van der Waals surface area contributed by atoms with E-state index in [1.165, 1.54) is 0 Å². The first-order valence-corrected chi connectivity index (χ1v) is 6.13. The molecule has 0 saturated heterocycles. The number of para-hydroxylation sites is 2. The van der Waals surface area contributed by atoms with E-state index in [1.54, 1.807) is 13.3 Å². The largest absolute Gasteiger partial charge is 0.496 e. The van der Waals surface area contributed by atoms with Gasteiger partial charge in [-0.2, -0.15) is 5.10 Å². The predicted octanol–water partition coefficient (Wildman–Crippen LogP) is 3.55. The van der Waals surface area contributed by atoms with Crippen molar-refractivity contribution in [1.82, 2.24) is 9.78 Å². The Morgan fingerprint density at radius 3 is 2.42 bits per heavy atom. The Labute approximate surface area is 112 Å². The van der Waals surface area contributed by atoms with Crippen LogP contribution in [0.5, 0.6) is 5.75 Å². The predicted molar refractivity (Wildman–Crippen MR) is 75.6 cm³/mol. The molecule has 2 aromatic carbocycles. The highest BCUT2D eigenvalue weighted by Gasteiger charge is 2.11. The number of hydrogen-bond acceptors (Lipinski definition) is 2.